The molecule has 2 atom stereocenters. The fourth-order valence-electron chi connectivity index (χ4n) is 2.87. The van der Waals surface area contributed by atoms with Gasteiger partial charge < -0.3 is 10.1 Å². The summed E-state index contributed by atoms with van der Waals surface area (Å²) in [5.41, 5.74) is 1.39. The van der Waals surface area contributed by atoms with E-state index in [4.69, 9.17) is 4.74 Å². The highest BCUT2D eigenvalue weighted by Crippen LogP contribution is 2.33. The Balaban J connectivity index is 1.67. The van der Waals surface area contributed by atoms with Crippen molar-refractivity contribution in [2.75, 3.05) is 32.8 Å². The number of hydrogen-bond acceptors (Lipinski definition) is 3. The van der Waals surface area contributed by atoms with Gasteiger partial charge in [0.05, 0.1) is 6.61 Å². The van der Waals surface area contributed by atoms with Crippen molar-refractivity contribution < 1.29 is 4.74 Å². The molecule has 1 N–H and O–H groups in total. The minimum atomic E-state index is 0.552. The smallest absolute Gasteiger partial charge is 0.122 e. The second kappa shape index (κ2) is 4.67. The first-order valence-electron chi connectivity index (χ1n) is 6.50. The van der Waals surface area contributed by atoms with E-state index in [2.05, 4.69) is 35.3 Å². The zero-order chi connectivity index (χ0) is 11.7. The average molecular weight is 232 g/mol. The van der Waals surface area contributed by atoms with Crippen LogP contribution in [0.3, 0.4) is 0 Å². The molecule has 0 saturated carbocycles. The zero-order valence-electron chi connectivity index (χ0n) is 10.4. The predicted molar refractivity (Wildman–Crippen MR) is 68.6 cm³/mol. The van der Waals surface area contributed by atoms with Gasteiger partial charge in [-0.1, -0.05) is 18.2 Å². The molecule has 0 radical (unpaired) electrons. The third-order valence-corrected chi connectivity index (χ3v) is 3.73. The van der Waals surface area contributed by atoms with Gasteiger partial charge in [0.1, 0.15) is 5.75 Å². The largest absolute Gasteiger partial charge is 0.493 e. The van der Waals surface area contributed by atoms with Crippen LogP contribution in [0, 0.1) is 0 Å². The van der Waals surface area contributed by atoms with Gasteiger partial charge in [-0.2, -0.15) is 0 Å². The van der Waals surface area contributed by atoms with E-state index in [-0.39, 0.29) is 0 Å². The normalized spacial score (nSPS) is 28.8. The lowest BCUT2D eigenvalue weighted by Crippen LogP contribution is -2.50. The summed E-state index contributed by atoms with van der Waals surface area (Å²) in [6, 6.07) is 9.06. The number of nitrogens with zero attached hydrogens (tertiary/aromatic N) is 1. The minimum absolute atomic E-state index is 0.552. The lowest BCUT2D eigenvalue weighted by atomic mass is 10.0. The maximum Gasteiger partial charge on any atom is 0.122 e. The van der Waals surface area contributed by atoms with Crippen molar-refractivity contribution in [3.05, 3.63) is 29.8 Å². The number of benzene rings is 1. The summed E-state index contributed by atoms with van der Waals surface area (Å²) in [6.45, 7) is 7.64. The van der Waals surface area contributed by atoms with Crippen LogP contribution in [0.15, 0.2) is 24.3 Å². The molecule has 0 amide bonds. The van der Waals surface area contributed by atoms with E-state index in [0.29, 0.717) is 12.0 Å². The number of nitrogens with one attached hydrogen (secondary N) is 1. The van der Waals surface area contributed by atoms with E-state index in [9.17, 15) is 0 Å². The topological polar surface area (TPSA) is 24.5 Å². The molecule has 2 unspecified atom stereocenters. The number of hydrogen-bond donors (Lipinski definition) is 1. The molecule has 0 aliphatic carbocycles. The van der Waals surface area contributed by atoms with Gasteiger partial charge in [-0.15, -0.1) is 0 Å². The molecule has 0 spiro atoms. The Hall–Kier alpha value is -1.06. The molecule has 3 heteroatoms. The van der Waals surface area contributed by atoms with Crippen molar-refractivity contribution in [1.82, 2.24) is 10.2 Å². The van der Waals surface area contributed by atoms with Crippen molar-refractivity contribution in [2.24, 2.45) is 0 Å². The van der Waals surface area contributed by atoms with Crippen LogP contribution in [0.25, 0.3) is 0 Å². The highest BCUT2D eigenvalue weighted by atomic mass is 16.5. The van der Waals surface area contributed by atoms with Gasteiger partial charge in [0.2, 0.25) is 0 Å². The number of rotatable bonds is 2. The van der Waals surface area contributed by atoms with Crippen LogP contribution in [-0.4, -0.2) is 43.7 Å². The molecule has 3 rings (SSSR count). The van der Waals surface area contributed by atoms with Crippen molar-refractivity contribution in [3.8, 4) is 5.75 Å². The Labute approximate surface area is 103 Å². The van der Waals surface area contributed by atoms with Crippen LogP contribution in [0.2, 0.25) is 0 Å². The van der Waals surface area contributed by atoms with E-state index >= 15 is 0 Å². The lowest BCUT2D eigenvalue weighted by Gasteiger charge is -2.33. The molecule has 0 bridgehead atoms. The Bertz CT molecular complexity index is 394. The van der Waals surface area contributed by atoms with E-state index < -0.39 is 0 Å². The molecule has 3 nitrogen and oxygen atoms in total. The van der Waals surface area contributed by atoms with E-state index in [1.165, 1.54) is 5.56 Å². The Morgan fingerprint density at radius 2 is 2.29 bits per heavy atom. The maximum atomic E-state index is 5.74. The molecular weight excluding hydrogens is 212 g/mol. The summed E-state index contributed by atoms with van der Waals surface area (Å²) in [4.78, 5) is 2.55. The van der Waals surface area contributed by atoms with Gasteiger partial charge in [-0.05, 0) is 13.0 Å². The van der Waals surface area contributed by atoms with Crippen molar-refractivity contribution in [3.63, 3.8) is 0 Å². The summed E-state index contributed by atoms with van der Waals surface area (Å²) >= 11 is 0. The van der Waals surface area contributed by atoms with Gasteiger partial charge >= 0.3 is 0 Å². The second-order valence-corrected chi connectivity index (χ2v) is 5.16. The molecular formula is C14H20N2O. The van der Waals surface area contributed by atoms with Crippen LogP contribution in [0.5, 0.6) is 5.75 Å². The number of ether oxygens (including phenoxy) is 1. The van der Waals surface area contributed by atoms with E-state index in [1.54, 1.807) is 0 Å². The van der Waals surface area contributed by atoms with E-state index in [1.807, 2.05) is 6.07 Å². The highest BCUT2D eigenvalue weighted by Gasteiger charge is 2.27. The number of para-hydroxylation sites is 1. The molecule has 92 valence electrons. The molecule has 0 aromatic heterocycles. The van der Waals surface area contributed by atoms with Crippen LogP contribution >= 0.6 is 0 Å². The van der Waals surface area contributed by atoms with Crippen LogP contribution < -0.4 is 10.1 Å². The molecule has 2 aliphatic heterocycles. The SMILES string of the molecule is CC1CN(CC2COc3ccccc32)CCN1. The summed E-state index contributed by atoms with van der Waals surface area (Å²) in [7, 11) is 0. The van der Waals surface area contributed by atoms with Gasteiger partial charge in [0.15, 0.2) is 0 Å². The third kappa shape index (κ3) is 2.31. The fourth-order valence-corrected chi connectivity index (χ4v) is 2.87. The summed E-state index contributed by atoms with van der Waals surface area (Å²) in [5, 5.41) is 3.48. The van der Waals surface area contributed by atoms with Gasteiger partial charge in [-0.25, -0.2) is 0 Å². The van der Waals surface area contributed by atoms with E-state index in [0.717, 1.165) is 38.5 Å². The van der Waals surface area contributed by atoms with Crippen molar-refractivity contribution in [1.29, 1.82) is 0 Å². The first kappa shape index (κ1) is 11.1. The summed E-state index contributed by atoms with van der Waals surface area (Å²) < 4.78 is 5.74. The van der Waals surface area contributed by atoms with Crippen molar-refractivity contribution in [2.45, 2.75) is 18.9 Å². The zero-order valence-corrected chi connectivity index (χ0v) is 10.4. The first-order valence-corrected chi connectivity index (χ1v) is 6.50. The Kier molecular flexibility index (Phi) is 3.04. The predicted octanol–water partition coefficient (Wildman–Crippen LogP) is 1.46. The average Bonchev–Trinajstić information content (AvgIpc) is 2.73. The third-order valence-electron chi connectivity index (χ3n) is 3.73. The molecule has 2 heterocycles. The maximum absolute atomic E-state index is 5.74. The van der Waals surface area contributed by atoms with Gasteiger partial charge in [0, 0.05) is 43.7 Å². The van der Waals surface area contributed by atoms with Gasteiger partial charge in [-0.3, -0.25) is 4.90 Å². The summed E-state index contributed by atoms with van der Waals surface area (Å²) in [6.07, 6.45) is 0. The Morgan fingerprint density at radius 1 is 1.41 bits per heavy atom. The second-order valence-electron chi connectivity index (χ2n) is 5.16. The molecule has 1 fully saturated rings. The molecule has 1 saturated heterocycles. The standard InChI is InChI=1S/C14H20N2O/c1-11-8-16(7-6-15-11)9-12-10-17-14-5-3-2-4-13(12)14/h2-5,11-12,15H,6-10H2,1H3. The lowest BCUT2D eigenvalue weighted by molar-refractivity contribution is 0.185. The molecule has 1 aromatic carbocycles. The highest BCUT2D eigenvalue weighted by molar-refractivity contribution is 5.39. The van der Waals surface area contributed by atoms with Gasteiger partial charge in [0.25, 0.3) is 0 Å². The molecule has 2 aliphatic rings. The number of fused-ring (bicyclic) bond motifs is 1. The number of piperazine rings is 1. The fraction of sp³-hybridized carbons (Fsp3) is 0.571. The van der Waals surface area contributed by atoms with Crippen molar-refractivity contribution >= 4 is 0 Å². The molecule has 17 heavy (non-hydrogen) atoms. The first-order chi connectivity index (χ1) is 8.33. The van der Waals surface area contributed by atoms with Crippen LogP contribution in [-0.2, 0) is 0 Å². The minimum Gasteiger partial charge on any atom is -0.493 e. The monoisotopic (exact) mass is 232 g/mol. The molecule has 1 aromatic rings. The van der Waals surface area contributed by atoms with Crippen LogP contribution in [0.1, 0.15) is 18.4 Å². The Morgan fingerprint density at radius 3 is 3.18 bits per heavy atom. The summed E-state index contributed by atoms with van der Waals surface area (Å²) in [5.74, 6) is 1.64. The van der Waals surface area contributed by atoms with Crippen LogP contribution in [0.4, 0.5) is 0 Å². The quantitative estimate of drug-likeness (QED) is 0.835.